The lowest BCUT2D eigenvalue weighted by Gasteiger charge is -2.22. The number of benzene rings is 4. The Labute approximate surface area is 409 Å². The van der Waals surface area contributed by atoms with Crippen LogP contribution in [0.3, 0.4) is 0 Å². The molecule has 0 heterocycles. The van der Waals surface area contributed by atoms with Crippen molar-refractivity contribution < 1.29 is 48.8 Å². The van der Waals surface area contributed by atoms with Crippen molar-refractivity contribution in [1.29, 1.82) is 0 Å². The van der Waals surface area contributed by atoms with Crippen molar-refractivity contribution in [3.8, 4) is 23.0 Å². The highest BCUT2D eigenvalue weighted by Crippen LogP contribution is 2.40. The van der Waals surface area contributed by atoms with Crippen LogP contribution >= 0.6 is 0 Å². The molecule has 10 heteroatoms. The summed E-state index contributed by atoms with van der Waals surface area (Å²) >= 11 is 0. The van der Waals surface area contributed by atoms with Gasteiger partial charge < -0.3 is 24.8 Å². The fourth-order valence-corrected chi connectivity index (χ4v) is 9.00. The van der Waals surface area contributed by atoms with Crippen LogP contribution in [-0.4, -0.2) is 57.6 Å². The van der Waals surface area contributed by atoms with E-state index in [-0.39, 0.29) is 84.9 Å². The summed E-state index contributed by atoms with van der Waals surface area (Å²) in [5, 5.41) is 36.8. The molecule has 0 aliphatic heterocycles. The molecule has 10 nitrogen and oxygen atoms in total. The molecule has 370 valence electrons. The Hall–Kier alpha value is -6.03. The van der Waals surface area contributed by atoms with Crippen LogP contribution < -0.4 is 4.74 Å². The summed E-state index contributed by atoms with van der Waals surface area (Å²) in [5.41, 5.74) is 5.22. The van der Waals surface area contributed by atoms with Gasteiger partial charge in [0.25, 0.3) is 0 Å². The molecular weight excluding hydrogens is 869 g/mol. The molecule has 8 bridgehead atoms. The van der Waals surface area contributed by atoms with Crippen molar-refractivity contribution in [3.63, 3.8) is 0 Å². The van der Waals surface area contributed by atoms with Crippen LogP contribution in [-0.2, 0) is 35.2 Å². The van der Waals surface area contributed by atoms with Crippen LogP contribution in [0.4, 0.5) is 0 Å². The number of unbranched alkanes of at least 4 members (excludes halogenated alkanes) is 8. The minimum absolute atomic E-state index is 0.0261. The zero-order chi connectivity index (χ0) is 50.0. The topological polar surface area (TPSA) is 164 Å². The van der Waals surface area contributed by atoms with Gasteiger partial charge in [0.05, 0.1) is 13.2 Å². The third-order valence-corrected chi connectivity index (χ3v) is 13.0. The number of carbonyl (C=O) groups is 5. The molecule has 0 spiro atoms. The number of Topliss-reactive ketones (excluding diaryl/α,β-unsaturated/α-hetero) is 4. The zero-order valence-corrected chi connectivity index (χ0v) is 41.8. The number of rotatable bonds is 26. The highest BCUT2D eigenvalue weighted by Gasteiger charge is 2.26. The molecule has 4 aromatic rings. The first-order chi connectivity index (χ1) is 33.2. The van der Waals surface area contributed by atoms with E-state index in [2.05, 4.69) is 34.3 Å². The lowest BCUT2D eigenvalue weighted by atomic mass is 9.86. The summed E-state index contributed by atoms with van der Waals surface area (Å²) in [6.45, 7) is 13.7. The highest BCUT2D eigenvalue weighted by molar-refractivity contribution is 5.99. The number of phenolic OH excluding ortho intramolecular Hbond substituents is 3. The van der Waals surface area contributed by atoms with Gasteiger partial charge in [-0.25, -0.2) is 4.79 Å². The van der Waals surface area contributed by atoms with Crippen LogP contribution in [0.5, 0.6) is 23.0 Å². The minimum Gasteiger partial charge on any atom is -0.507 e. The molecule has 4 aromatic carbocycles. The van der Waals surface area contributed by atoms with Crippen molar-refractivity contribution in [2.24, 2.45) is 0 Å². The third kappa shape index (κ3) is 15.0. The van der Waals surface area contributed by atoms with Crippen molar-refractivity contribution in [2.75, 3.05) is 13.2 Å². The average molecular weight is 943 g/mol. The molecule has 0 radical (unpaired) electrons. The number of carbonyl (C=O) groups excluding carboxylic acids is 5. The predicted molar refractivity (Wildman–Crippen MR) is 272 cm³/mol. The van der Waals surface area contributed by atoms with Crippen LogP contribution in [0, 0.1) is 0 Å². The Morgan fingerprint density at radius 1 is 0.435 bits per heavy atom. The molecule has 1 aliphatic carbocycles. The van der Waals surface area contributed by atoms with E-state index in [1.807, 2.05) is 0 Å². The minimum atomic E-state index is -0.518. The Bertz CT molecular complexity index is 2370. The van der Waals surface area contributed by atoms with Gasteiger partial charge in [-0.1, -0.05) is 85.6 Å². The van der Waals surface area contributed by atoms with E-state index in [9.17, 15) is 39.3 Å². The smallest absolute Gasteiger partial charge is 0.333 e. The van der Waals surface area contributed by atoms with Gasteiger partial charge in [-0.15, -0.1) is 0 Å². The first kappa shape index (κ1) is 53.9. The Morgan fingerprint density at radius 2 is 0.710 bits per heavy atom. The molecule has 1 aliphatic rings. The van der Waals surface area contributed by atoms with Gasteiger partial charge in [-0.05, 0) is 126 Å². The predicted octanol–water partition coefficient (Wildman–Crippen LogP) is 13.4. The second-order valence-corrected chi connectivity index (χ2v) is 18.9. The summed E-state index contributed by atoms with van der Waals surface area (Å²) in [5.74, 6) is -0.807. The summed E-state index contributed by atoms with van der Waals surface area (Å²) in [6, 6.07) is 13.6. The van der Waals surface area contributed by atoms with Gasteiger partial charge in [-0.3, -0.25) is 19.2 Å². The molecule has 0 saturated carbocycles. The van der Waals surface area contributed by atoms with Gasteiger partial charge in [-0.2, -0.15) is 0 Å². The second kappa shape index (κ2) is 26.7. The summed E-state index contributed by atoms with van der Waals surface area (Å²) in [7, 11) is 0. The quantitative estimate of drug-likeness (QED) is 0.0210. The van der Waals surface area contributed by atoms with Gasteiger partial charge in [0.15, 0.2) is 23.1 Å². The Morgan fingerprint density at radius 3 is 0.986 bits per heavy atom. The first-order valence-electron chi connectivity index (χ1n) is 25.5. The van der Waals surface area contributed by atoms with Gasteiger partial charge in [0.1, 0.15) is 23.0 Å². The fraction of sp³-hybridized carbons (Fsp3) is 0.475. The summed E-state index contributed by atoms with van der Waals surface area (Å²) < 4.78 is 12.0. The van der Waals surface area contributed by atoms with Gasteiger partial charge >= 0.3 is 5.97 Å². The Kier molecular flexibility index (Phi) is 20.8. The van der Waals surface area contributed by atoms with Crippen molar-refractivity contribution >= 4 is 29.1 Å². The maximum Gasteiger partial charge on any atom is 0.333 e. The first-order valence-corrected chi connectivity index (χ1v) is 25.5. The molecule has 0 saturated heterocycles. The standard InChI is InChI=1S/C59H74O10/c1-7-11-15-20-51(60)39-26-43-34-45-28-40(52(61)21-16-12-8-2)30-47(56(45)65)36-49-32-42(54(63)23-18-14-10-4)33-50(58(49)68-24-19-25-69-59(67)38(5)6)37-48-31-41(53(62)22-17-13-9-3)29-46(57(48)66)35-44(27-39)55(43)64/h26-33,64-66H,5,7-25,34-37H2,1-4,6H3. The van der Waals surface area contributed by atoms with Crippen LogP contribution in [0.1, 0.15) is 230 Å². The lowest BCUT2D eigenvalue weighted by molar-refractivity contribution is -0.139. The van der Waals surface area contributed by atoms with E-state index in [0.29, 0.717) is 130 Å². The monoisotopic (exact) mass is 943 g/mol. The lowest BCUT2D eigenvalue weighted by Crippen LogP contribution is -2.12. The molecule has 0 unspecified atom stereocenters. The Balaban J connectivity index is 1.81. The van der Waals surface area contributed by atoms with E-state index < -0.39 is 5.97 Å². The number of fused-ring (bicyclic) bond motifs is 8. The van der Waals surface area contributed by atoms with E-state index in [1.54, 1.807) is 55.5 Å². The molecular formula is C59H74O10. The summed E-state index contributed by atoms with van der Waals surface area (Å²) in [6.07, 6.45) is 11.5. The number of hydrogen-bond acceptors (Lipinski definition) is 10. The van der Waals surface area contributed by atoms with Crippen LogP contribution in [0.2, 0.25) is 0 Å². The molecule has 0 amide bonds. The van der Waals surface area contributed by atoms with Crippen molar-refractivity contribution in [3.05, 3.63) is 127 Å². The maximum absolute atomic E-state index is 14.1. The number of phenols is 3. The molecule has 0 atom stereocenters. The molecule has 0 aromatic heterocycles. The van der Waals surface area contributed by atoms with Crippen LogP contribution in [0.15, 0.2) is 60.7 Å². The fourth-order valence-electron chi connectivity index (χ4n) is 9.00. The second-order valence-electron chi connectivity index (χ2n) is 18.9. The SMILES string of the molecule is C=C(C)C(=O)OCCCOc1c2cc(C(=O)CCCCC)cc1Cc1cc(C(=O)CCCCC)cc(c1O)Cc1cc(C(=O)CCCCC)cc(c1O)Cc1cc(C(=O)CCCCC)cc(c1O)C2. The van der Waals surface area contributed by atoms with Gasteiger partial charge in [0.2, 0.25) is 0 Å². The maximum atomic E-state index is 14.1. The zero-order valence-electron chi connectivity index (χ0n) is 41.8. The summed E-state index contributed by atoms with van der Waals surface area (Å²) in [4.78, 5) is 68.2. The number of hydrogen-bond donors (Lipinski definition) is 3. The van der Waals surface area contributed by atoms with Crippen molar-refractivity contribution in [2.45, 2.75) is 169 Å². The van der Waals surface area contributed by atoms with Gasteiger partial charge in [0, 0.05) is 85.6 Å². The number of aromatic hydroxyl groups is 3. The number of esters is 1. The average Bonchev–Trinajstić information content (AvgIpc) is 3.32. The molecule has 0 fully saturated rings. The van der Waals surface area contributed by atoms with E-state index >= 15 is 0 Å². The van der Waals surface area contributed by atoms with E-state index in [4.69, 9.17) is 9.47 Å². The van der Waals surface area contributed by atoms with Crippen LogP contribution in [0.25, 0.3) is 0 Å². The van der Waals surface area contributed by atoms with E-state index in [1.165, 1.54) is 0 Å². The number of ketones is 4. The molecule has 3 N–H and O–H groups in total. The normalized spacial score (nSPS) is 12.1. The largest absolute Gasteiger partial charge is 0.507 e. The number of ether oxygens (including phenoxy) is 2. The highest BCUT2D eigenvalue weighted by atomic mass is 16.5. The third-order valence-electron chi connectivity index (χ3n) is 13.0. The van der Waals surface area contributed by atoms with E-state index in [0.717, 1.165) is 51.4 Å². The van der Waals surface area contributed by atoms with Crippen molar-refractivity contribution in [1.82, 2.24) is 0 Å². The molecule has 5 rings (SSSR count). The molecule has 69 heavy (non-hydrogen) atoms.